The Balaban J connectivity index is 2.02. The number of halogens is 3. The Morgan fingerprint density at radius 3 is 2.84 bits per heavy atom. The molecule has 6 heteroatoms. The molecule has 0 aliphatic heterocycles. The van der Waals surface area contributed by atoms with Crippen molar-refractivity contribution >= 4 is 33.4 Å². The molecule has 98 valence electrons. The summed E-state index contributed by atoms with van der Waals surface area (Å²) in [5, 5.41) is 2.76. The van der Waals surface area contributed by atoms with Gasteiger partial charge in [0.15, 0.2) is 0 Å². The van der Waals surface area contributed by atoms with E-state index in [1.807, 2.05) is 0 Å². The molecule has 0 bridgehead atoms. The molecule has 1 aromatic heterocycles. The molecule has 1 amide bonds. The third-order valence-corrected chi connectivity index (χ3v) is 3.15. The highest BCUT2D eigenvalue weighted by atomic mass is 79.9. The summed E-state index contributed by atoms with van der Waals surface area (Å²) in [4.78, 5) is 15.8. The van der Waals surface area contributed by atoms with Gasteiger partial charge in [-0.3, -0.25) is 4.79 Å². The van der Waals surface area contributed by atoms with Gasteiger partial charge in [-0.25, -0.2) is 9.37 Å². The number of hydrogen-bond acceptors (Lipinski definition) is 2. The summed E-state index contributed by atoms with van der Waals surface area (Å²) in [5.41, 5.74) is 1.22. The molecule has 1 heterocycles. The first-order valence-corrected chi connectivity index (χ1v) is 6.57. The van der Waals surface area contributed by atoms with Crippen molar-refractivity contribution in [1.82, 2.24) is 10.3 Å². The number of rotatable bonds is 3. The van der Waals surface area contributed by atoms with Crippen molar-refractivity contribution in [2.75, 3.05) is 0 Å². The minimum atomic E-state index is -0.477. The molecule has 0 atom stereocenters. The molecule has 1 aromatic carbocycles. The lowest BCUT2D eigenvalue weighted by atomic mass is 10.2. The average molecular weight is 344 g/mol. The third-order valence-electron chi connectivity index (χ3n) is 2.43. The van der Waals surface area contributed by atoms with Gasteiger partial charge in [0.05, 0.1) is 5.02 Å². The number of carbonyl (C=O) groups is 1. The van der Waals surface area contributed by atoms with Crippen molar-refractivity contribution in [3.8, 4) is 0 Å². The van der Waals surface area contributed by atoms with Gasteiger partial charge in [-0.1, -0.05) is 17.7 Å². The smallest absolute Gasteiger partial charge is 0.251 e. The highest BCUT2D eigenvalue weighted by Crippen LogP contribution is 2.16. The van der Waals surface area contributed by atoms with E-state index in [4.69, 9.17) is 11.6 Å². The van der Waals surface area contributed by atoms with Gasteiger partial charge in [-0.15, -0.1) is 0 Å². The zero-order valence-corrected chi connectivity index (χ0v) is 12.0. The fourth-order valence-electron chi connectivity index (χ4n) is 1.48. The van der Waals surface area contributed by atoms with Crippen molar-refractivity contribution in [3.63, 3.8) is 0 Å². The highest BCUT2D eigenvalue weighted by molar-refractivity contribution is 9.10. The normalized spacial score (nSPS) is 10.3. The minimum absolute atomic E-state index is 0.0402. The molecule has 0 unspecified atom stereocenters. The number of nitrogens with one attached hydrogen (secondary N) is 1. The van der Waals surface area contributed by atoms with E-state index >= 15 is 0 Å². The molecular weight excluding hydrogens is 335 g/mol. The van der Waals surface area contributed by atoms with E-state index in [1.165, 1.54) is 18.3 Å². The second-order valence-electron chi connectivity index (χ2n) is 3.80. The largest absolute Gasteiger partial charge is 0.348 e. The van der Waals surface area contributed by atoms with E-state index in [-0.39, 0.29) is 17.5 Å². The van der Waals surface area contributed by atoms with Gasteiger partial charge in [0.2, 0.25) is 0 Å². The van der Waals surface area contributed by atoms with Crippen LogP contribution in [0.3, 0.4) is 0 Å². The fourth-order valence-corrected chi connectivity index (χ4v) is 2.05. The maximum absolute atomic E-state index is 13.0. The van der Waals surface area contributed by atoms with Gasteiger partial charge in [-0.2, -0.15) is 0 Å². The Bertz CT molecular complexity index is 621. The van der Waals surface area contributed by atoms with Gasteiger partial charge in [0, 0.05) is 18.3 Å². The van der Waals surface area contributed by atoms with Crippen molar-refractivity contribution in [3.05, 3.63) is 63.1 Å². The number of amides is 1. The second kappa shape index (κ2) is 6.12. The summed E-state index contributed by atoms with van der Waals surface area (Å²) in [5.74, 6) is -0.710. The van der Waals surface area contributed by atoms with Crippen molar-refractivity contribution in [1.29, 1.82) is 0 Å². The molecule has 0 aliphatic rings. The fraction of sp³-hybridized carbons (Fsp3) is 0.0769. The van der Waals surface area contributed by atoms with Crippen LogP contribution in [0.1, 0.15) is 15.9 Å². The van der Waals surface area contributed by atoms with E-state index < -0.39 is 5.82 Å². The molecule has 0 aliphatic carbocycles. The van der Waals surface area contributed by atoms with E-state index in [0.29, 0.717) is 10.2 Å². The molecule has 0 radical (unpaired) electrons. The number of benzene rings is 1. The standard InChI is InChI=1S/C13H9BrClFN2O/c14-12-6-9(3-4-17-12)13(19)18-7-8-1-2-11(16)10(15)5-8/h1-6H,7H2,(H,18,19). The van der Waals surface area contributed by atoms with E-state index in [2.05, 4.69) is 26.2 Å². The summed E-state index contributed by atoms with van der Waals surface area (Å²) < 4.78 is 13.6. The lowest BCUT2D eigenvalue weighted by Gasteiger charge is -2.06. The van der Waals surface area contributed by atoms with Crippen LogP contribution in [0.5, 0.6) is 0 Å². The predicted molar refractivity (Wildman–Crippen MR) is 74.5 cm³/mol. The third kappa shape index (κ3) is 3.75. The highest BCUT2D eigenvalue weighted by Gasteiger charge is 2.07. The van der Waals surface area contributed by atoms with Crippen LogP contribution in [0.4, 0.5) is 4.39 Å². The van der Waals surface area contributed by atoms with E-state index in [1.54, 1.807) is 18.2 Å². The van der Waals surface area contributed by atoms with E-state index in [9.17, 15) is 9.18 Å². The van der Waals surface area contributed by atoms with Gasteiger partial charge < -0.3 is 5.32 Å². The predicted octanol–water partition coefficient (Wildman–Crippen LogP) is 3.57. The van der Waals surface area contributed by atoms with Crippen LogP contribution in [0.25, 0.3) is 0 Å². The number of nitrogens with zero attached hydrogens (tertiary/aromatic N) is 1. The molecule has 19 heavy (non-hydrogen) atoms. The van der Waals surface area contributed by atoms with Crippen LogP contribution >= 0.6 is 27.5 Å². The Hall–Kier alpha value is -1.46. The van der Waals surface area contributed by atoms with Crippen LogP contribution < -0.4 is 5.32 Å². The molecule has 0 saturated carbocycles. The van der Waals surface area contributed by atoms with Crippen LogP contribution in [-0.2, 0) is 6.54 Å². The lowest BCUT2D eigenvalue weighted by molar-refractivity contribution is 0.0950. The average Bonchev–Trinajstić information content (AvgIpc) is 2.40. The Labute approximate surface area is 122 Å². The van der Waals surface area contributed by atoms with Crippen LogP contribution in [-0.4, -0.2) is 10.9 Å². The lowest BCUT2D eigenvalue weighted by Crippen LogP contribution is -2.22. The Morgan fingerprint density at radius 1 is 1.37 bits per heavy atom. The molecule has 3 nitrogen and oxygen atoms in total. The Morgan fingerprint density at radius 2 is 2.16 bits per heavy atom. The first-order chi connectivity index (χ1) is 9.06. The molecule has 2 aromatic rings. The van der Waals surface area contributed by atoms with Crippen molar-refractivity contribution < 1.29 is 9.18 Å². The minimum Gasteiger partial charge on any atom is -0.348 e. The molecule has 0 spiro atoms. The zero-order valence-electron chi connectivity index (χ0n) is 9.66. The molecular formula is C13H9BrClFN2O. The summed E-state index contributed by atoms with van der Waals surface area (Å²) in [6.07, 6.45) is 1.54. The van der Waals surface area contributed by atoms with Crippen LogP contribution in [0.2, 0.25) is 5.02 Å². The van der Waals surface area contributed by atoms with Crippen LogP contribution in [0, 0.1) is 5.82 Å². The SMILES string of the molecule is O=C(NCc1ccc(F)c(Cl)c1)c1ccnc(Br)c1. The topological polar surface area (TPSA) is 42.0 Å². The molecule has 1 N–H and O–H groups in total. The number of aromatic nitrogens is 1. The van der Waals surface area contributed by atoms with Gasteiger partial charge in [0.1, 0.15) is 10.4 Å². The van der Waals surface area contributed by atoms with E-state index in [0.717, 1.165) is 5.56 Å². The first-order valence-electron chi connectivity index (χ1n) is 5.40. The van der Waals surface area contributed by atoms with Crippen molar-refractivity contribution in [2.24, 2.45) is 0 Å². The molecule has 2 rings (SSSR count). The van der Waals surface area contributed by atoms with Gasteiger partial charge >= 0.3 is 0 Å². The summed E-state index contributed by atoms with van der Waals surface area (Å²) in [7, 11) is 0. The number of hydrogen-bond donors (Lipinski definition) is 1. The Kier molecular flexibility index (Phi) is 4.50. The summed E-state index contributed by atoms with van der Waals surface area (Å²) in [6, 6.07) is 7.56. The number of carbonyl (C=O) groups excluding carboxylic acids is 1. The van der Waals surface area contributed by atoms with Gasteiger partial charge in [-0.05, 0) is 45.8 Å². The quantitative estimate of drug-likeness (QED) is 0.866. The molecule has 0 saturated heterocycles. The maximum Gasteiger partial charge on any atom is 0.251 e. The number of pyridine rings is 1. The maximum atomic E-state index is 13.0. The monoisotopic (exact) mass is 342 g/mol. The van der Waals surface area contributed by atoms with Crippen molar-refractivity contribution in [2.45, 2.75) is 6.54 Å². The van der Waals surface area contributed by atoms with Gasteiger partial charge in [0.25, 0.3) is 5.91 Å². The summed E-state index contributed by atoms with van der Waals surface area (Å²) >= 11 is 8.86. The second-order valence-corrected chi connectivity index (χ2v) is 5.02. The first kappa shape index (κ1) is 14.0. The van der Waals surface area contributed by atoms with Crippen LogP contribution in [0.15, 0.2) is 41.1 Å². The summed E-state index contributed by atoms with van der Waals surface area (Å²) in [6.45, 7) is 0.277. The zero-order chi connectivity index (χ0) is 13.8. The molecule has 0 fully saturated rings.